The molecule has 1 N–H and O–H groups in total. The van der Waals surface area contributed by atoms with E-state index in [1.807, 2.05) is 0 Å². The van der Waals surface area contributed by atoms with E-state index in [0.717, 1.165) is 19.3 Å². The summed E-state index contributed by atoms with van der Waals surface area (Å²) in [7, 11) is 0. The molecule has 2 bridgehead atoms. The molecule has 0 aliphatic carbocycles. The van der Waals surface area contributed by atoms with Crippen LogP contribution in [0.1, 0.15) is 31.0 Å². The molecule has 2 aliphatic heterocycles. The number of aromatic nitrogens is 2. The minimum Gasteiger partial charge on any atom is -0.481 e. The largest absolute Gasteiger partial charge is 0.481 e. The first-order valence-corrected chi connectivity index (χ1v) is 5.93. The second kappa shape index (κ2) is 3.80. The number of hydrogen-bond acceptors (Lipinski definition) is 5. The molecule has 17 heavy (non-hydrogen) atoms. The van der Waals surface area contributed by atoms with Gasteiger partial charge in [-0.2, -0.15) is 4.98 Å². The Morgan fingerprint density at radius 2 is 2.41 bits per heavy atom. The molecule has 0 aromatic carbocycles. The zero-order valence-corrected chi connectivity index (χ0v) is 9.67. The summed E-state index contributed by atoms with van der Waals surface area (Å²) in [6.07, 6.45) is 2.82. The highest BCUT2D eigenvalue weighted by molar-refractivity contribution is 5.71. The third-order valence-electron chi connectivity index (χ3n) is 3.89. The van der Waals surface area contributed by atoms with Crippen molar-refractivity contribution in [3.63, 3.8) is 0 Å². The number of fused-ring (bicyclic) bond motifs is 2. The van der Waals surface area contributed by atoms with Gasteiger partial charge in [-0.05, 0) is 19.3 Å². The SMILES string of the molecule is Cc1nc(CN2C3CCC2C(C(=O)O)C3)no1. The molecule has 0 amide bonds. The number of hydrogen-bond donors (Lipinski definition) is 1. The molecule has 0 saturated carbocycles. The number of carboxylic acids is 1. The highest BCUT2D eigenvalue weighted by Gasteiger charge is 2.49. The van der Waals surface area contributed by atoms with Crippen molar-refractivity contribution in [2.75, 3.05) is 0 Å². The van der Waals surface area contributed by atoms with Gasteiger partial charge in [0.25, 0.3) is 0 Å². The normalized spacial score (nSPS) is 32.2. The van der Waals surface area contributed by atoms with E-state index < -0.39 is 5.97 Å². The molecule has 3 atom stereocenters. The van der Waals surface area contributed by atoms with Crippen molar-refractivity contribution in [2.45, 2.75) is 44.8 Å². The van der Waals surface area contributed by atoms with Crippen molar-refractivity contribution in [1.29, 1.82) is 0 Å². The molecule has 3 heterocycles. The number of aryl methyl sites for hydroxylation is 1. The summed E-state index contributed by atoms with van der Waals surface area (Å²) >= 11 is 0. The van der Waals surface area contributed by atoms with Crippen LogP contribution in [0.25, 0.3) is 0 Å². The Balaban J connectivity index is 1.75. The van der Waals surface area contributed by atoms with Gasteiger partial charge in [0.15, 0.2) is 5.82 Å². The van der Waals surface area contributed by atoms with E-state index in [4.69, 9.17) is 9.63 Å². The van der Waals surface area contributed by atoms with E-state index in [0.29, 0.717) is 24.3 Å². The average Bonchev–Trinajstić information content (AvgIpc) is 2.95. The molecule has 3 rings (SSSR count). The first-order valence-electron chi connectivity index (χ1n) is 5.93. The quantitative estimate of drug-likeness (QED) is 0.838. The Morgan fingerprint density at radius 1 is 1.59 bits per heavy atom. The molecular formula is C11H15N3O3. The van der Waals surface area contributed by atoms with Gasteiger partial charge < -0.3 is 9.63 Å². The lowest BCUT2D eigenvalue weighted by Crippen LogP contribution is -2.32. The Labute approximate surface area is 98.6 Å². The molecule has 2 aliphatic rings. The Kier molecular flexibility index (Phi) is 2.39. The van der Waals surface area contributed by atoms with Crippen LogP contribution >= 0.6 is 0 Å². The summed E-state index contributed by atoms with van der Waals surface area (Å²) in [6.45, 7) is 2.37. The van der Waals surface area contributed by atoms with Crippen LogP contribution in [-0.2, 0) is 11.3 Å². The van der Waals surface area contributed by atoms with Crippen molar-refractivity contribution in [2.24, 2.45) is 5.92 Å². The van der Waals surface area contributed by atoms with Gasteiger partial charge in [-0.25, -0.2) is 0 Å². The van der Waals surface area contributed by atoms with Crippen molar-refractivity contribution in [3.05, 3.63) is 11.7 Å². The fourth-order valence-electron chi connectivity index (χ4n) is 3.18. The van der Waals surface area contributed by atoms with E-state index >= 15 is 0 Å². The van der Waals surface area contributed by atoms with Crippen LogP contribution in [0, 0.1) is 12.8 Å². The van der Waals surface area contributed by atoms with E-state index in [2.05, 4.69) is 15.0 Å². The van der Waals surface area contributed by atoms with Crippen molar-refractivity contribution in [1.82, 2.24) is 15.0 Å². The second-order valence-corrected chi connectivity index (χ2v) is 4.88. The first kappa shape index (κ1) is 10.7. The number of nitrogens with zero attached hydrogens (tertiary/aromatic N) is 3. The Bertz CT molecular complexity index is 445. The molecule has 6 nitrogen and oxygen atoms in total. The van der Waals surface area contributed by atoms with Crippen LogP contribution < -0.4 is 0 Å². The lowest BCUT2D eigenvalue weighted by Gasteiger charge is -2.20. The molecule has 6 heteroatoms. The van der Waals surface area contributed by atoms with Gasteiger partial charge in [-0.15, -0.1) is 0 Å². The summed E-state index contributed by atoms with van der Waals surface area (Å²) in [5.41, 5.74) is 0. The van der Waals surface area contributed by atoms with Gasteiger partial charge in [0.2, 0.25) is 5.89 Å². The third kappa shape index (κ3) is 1.72. The average molecular weight is 237 g/mol. The van der Waals surface area contributed by atoms with Crippen LogP contribution in [0.2, 0.25) is 0 Å². The van der Waals surface area contributed by atoms with Gasteiger partial charge in [-0.1, -0.05) is 5.16 Å². The van der Waals surface area contributed by atoms with Crippen LogP contribution in [0.4, 0.5) is 0 Å². The van der Waals surface area contributed by atoms with Gasteiger partial charge >= 0.3 is 5.97 Å². The summed E-state index contributed by atoms with van der Waals surface area (Å²) in [4.78, 5) is 17.5. The van der Waals surface area contributed by atoms with E-state index in [-0.39, 0.29) is 12.0 Å². The van der Waals surface area contributed by atoms with Gasteiger partial charge in [0.05, 0.1) is 12.5 Å². The minimum absolute atomic E-state index is 0.149. The number of carbonyl (C=O) groups is 1. The van der Waals surface area contributed by atoms with Gasteiger partial charge in [0.1, 0.15) is 0 Å². The lowest BCUT2D eigenvalue weighted by atomic mass is 9.89. The van der Waals surface area contributed by atoms with Crippen LogP contribution in [0.3, 0.4) is 0 Å². The van der Waals surface area contributed by atoms with E-state index in [9.17, 15) is 4.79 Å². The van der Waals surface area contributed by atoms with Crippen molar-refractivity contribution < 1.29 is 14.4 Å². The molecule has 2 saturated heterocycles. The molecule has 1 aromatic heterocycles. The molecular weight excluding hydrogens is 222 g/mol. The molecule has 1 aromatic rings. The fourth-order valence-corrected chi connectivity index (χ4v) is 3.18. The van der Waals surface area contributed by atoms with Crippen molar-refractivity contribution >= 4 is 5.97 Å². The van der Waals surface area contributed by atoms with Gasteiger partial charge in [-0.3, -0.25) is 9.69 Å². The van der Waals surface area contributed by atoms with Crippen LogP contribution in [0.15, 0.2) is 4.52 Å². The molecule has 92 valence electrons. The summed E-state index contributed by atoms with van der Waals surface area (Å²) in [5, 5.41) is 13.0. The summed E-state index contributed by atoms with van der Waals surface area (Å²) in [5.74, 6) is 0.319. The first-order chi connectivity index (χ1) is 8.15. The zero-order valence-electron chi connectivity index (χ0n) is 9.67. The molecule has 0 radical (unpaired) electrons. The van der Waals surface area contributed by atoms with Crippen LogP contribution in [0.5, 0.6) is 0 Å². The number of aliphatic carboxylic acids is 1. The minimum atomic E-state index is -0.675. The standard InChI is InChI=1S/C11H15N3O3/c1-6-12-10(13-17-6)5-14-7-2-3-9(14)8(4-7)11(15)16/h7-9H,2-5H2,1H3,(H,15,16). The molecule has 0 spiro atoms. The molecule has 3 unspecified atom stereocenters. The summed E-state index contributed by atoms with van der Waals surface area (Å²) in [6, 6.07) is 0.524. The number of rotatable bonds is 3. The Morgan fingerprint density at radius 3 is 3.00 bits per heavy atom. The third-order valence-corrected chi connectivity index (χ3v) is 3.89. The van der Waals surface area contributed by atoms with Crippen molar-refractivity contribution in [3.8, 4) is 0 Å². The summed E-state index contributed by atoms with van der Waals surface area (Å²) < 4.78 is 4.94. The zero-order chi connectivity index (χ0) is 12.0. The maximum Gasteiger partial charge on any atom is 0.308 e. The fraction of sp³-hybridized carbons (Fsp3) is 0.727. The van der Waals surface area contributed by atoms with E-state index in [1.165, 1.54) is 0 Å². The monoisotopic (exact) mass is 237 g/mol. The van der Waals surface area contributed by atoms with Gasteiger partial charge in [0, 0.05) is 19.0 Å². The Hall–Kier alpha value is -1.43. The smallest absolute Gasteiger partial charge is 0.308 e. The molecule has 2 fully saturated rings. The van der Waals surface area contributed by atoms with E-state index in [1.54, 1.807) is 6.92 Å². The highest BCUT2D eigenvalue weighted by atomic mass is 16.5. The predicted octanol–water partition coefficient (Wildman–Crippen LogP) is 0.816. The lowest BCUT2D eigenvalue weighted by molar-refractivity contribution is -0.142. The van der Waals surface area contributed by atoms with Crippen LogP contribution in [-0.4, -0.2) is 38.2 Å². The maximum absolute atomic E-state index is 11.1. The predicted molar refractivity (Wildman–Crippen MR) is 57.1 cm³/mol. The number of carboxylic acid groups (broad SMARTS) is 1. The topological polar surface area (TPSA) is 79.5 Å². The highest BCUT2D eigenvalue weighted by Crippen LogP contribution is 2.42. The maximum atomic E-state index is 11.1. The second-order valence-electron chi connectivity index (χ2n) is 4.88.